The van der Waals surface area contributed by atoms with E-state index in [0.29, 0.717) is 12.0 Å². The van der Waals surface area contributed by atoms with E-state index in [-0.39, 0.29) is 0 Å². The summed E-state index contributed by atoms with van der Waals surface area (Å²) in [6.07, 6.45) is 13.0. The minimum atomic E-state index is 0.291. The lowest BCUT2D eigenvalue weighted by atomic mass is 9.92. The van der Waals surface area contributed by atoms with Crippen molar-refractivity contribution < 1.29 is 0 Å². The number of hydrogen-bond acceptors (Lipinski definition) is 2. The summed E-state index contributed by atoms with van der Waals surface area (Å²) in [5.41, 5.74) is 0. The molecule has 0 aromatic rings. The fraction of sp³-hybridized carbons (Fsp3) is 0.938. The van der Waals surface area contributed by atoms with Crippen molar-refractivity contribution in [2.75, 3.05) is 6.54 Å². The maximum absolute atomic E-state index is 9.47. The molecule has 18 heavy (non-hydrogen) atoms. The van der Waals surface area contributed by atoms with Crippen LogP contribution < -0.4 is 0 Å². The summed E-state index contributed by atoms with van der Waals surface area (Å²) in [6, 6.07) is 3.91. The van der Waals surface area contributed by atoms with Crippen LogP contribution in [0.25, 0.3) is 0 Å². The average Bonchev–Trinajstić information content (AvgIpc) is 2.77. The fourth-order valence-corrected chi connectivity index (χ4v) is 3.91. The Balaban J connectivity index is 2.11. The van der Waals surface area contributed by atoms with E-state index in [4.69, 9.17) is 0 Å². The van der Waals surface area contributed by atoms with E-state index in [0.717, 1.165) is 12.5 Å². The van der Waals surface area contributed by atoms with Gasteiger partial charge in [0.25, 0.3) is 0 Å². The second-order valence-electron chi connectivity index (χ2n) is 6.09. The van der Waals surface area contributed by atoms with Crippen LogP contribution in [0.5, 0.6) is 0 Å². The van der Waals surface area contributed by atoms with Gasteiger partial charge in [-0.25, -0.2) is 0 Å². The minimum absolute atomic E-state index is 0.291. The van der Waals surface area contributed by atoms with Crippen LogP contribution >= 0.6 is 0 Å². The molecule has 1 saturated heterocycles. The molecule has 2 rings (SSSR count). The van der Waals surface area contributed by atoms with Gasteiger partial charge in [0.1, 0.15) is 0 Å². The zero-order valence-electron chi connectivity index (χ0n) is 11.9. The summed E-state index contributed by atoms with van der Waals surface area (Å²) in [4.78, 5) is 2.73. The van der Waals surface area contributed by atoms with Crippen molar-refractivity contribution in [1.82, 2.24) is 4.90 Å². The number of rotatable bonds is 2. The van der Waals surface area contributed by atoms with Gasteiger partial charge in [0.05, 0.1) is 12.0 Å². The first-order valence-corrected chi connectivity index (χ1v) is 8.02. The first kappa shape index (κ1) is 13.9. The SMILES string of the molecule is CCC1CCCCCN1C1CCCCCC1C#N. The van der Waals surface area contributed by atoms with Crippen molar-refractivity contribution in [2.24, 2.45) is 5.92 Å². The van der Waals surface area contributed by atoms with Crippen molar-refractivity contribution in [3.63, 3.8) is 0 Å². The average molecular weight is 248 g/mol. The molecule has 0 aromatic heterocycles. The number of likely N-dealkylation sites (tertiary alicyclic amines) is 1. The molecule has 2 nitrogen and oxygen atoms in total. The van der Waals surface area contributed by atoms with Crippen LogP contribution in [-0.4, -0.2) is 23.5 Å². The summed E-state index contributed by atoms with van der Waals surface area (Å²) in [6.45, 7) is 3.56. The highest BCUT2D eigenvalue weighted by atomic mass is 15.2. The lowest BCUT2D eigenvalue weighted by Gasteiger charge is -2.38. The molecule has 1 saturated carbocycles. The molecule has 0 amide bonds. The topological polar surface area (TPSA) is 27.0 Å². The van der Waals surface area contributed by atoms with E-state index in [1.54, 1.807) is 0 Å². The lowest BCUT2D eigenvalue weighted by molar-refractivity contribution is 0.100. The Hall–Kier alpha value is -0.550. The molecular formula is C16H28N2. The Kier molecular flexibility index (Phi) is 5.50. The van der Waals surface area contributed by atoms with Crippen LogP contribution in [0, 0.1) is 17.2 Å². The molecule has 0 spiro atoms. The summed E-state index contributed by atoms with van der Waals surface area (Å²) in [5.74, 6) is 0.291. The van der Waals surface area contributed by atoms with Gasteiger partial charge in [-0.3, -0.25) is 4.90 Å². The molecular weight excluding hydrogens is 220 g/mol. The van der Waals surface area contributed by atoms with Crippen LogP contribution in [0.2, 0.25) is 0 Å². The molecule has 1 aliphatic carbocycles. The van der Waals surface area contributed by atoms with Crippen LogP contribution in [0.3, 0.4) is 0 Å². The Morgan fingerprint density at radius 2 is 1.72 bits per heavy atom. The maximum atomic E-state index is 9.47. The van der Waals surface area contributed by atoms with Gasteiger partial charge in [0.15, 0.2) is 0 Å². The second kappa shape index (κ2) is 7.14. The highest BCUT2D eigenvalue weighted by molar-refractivity contribution is 4.96. The van der Waals surface area contributed by atoms with E-state index in [2.05, 4.69) is 17.9 Å². The quantitative estimate of drug-likeness (QED) is 0.688. The van der Waals surface area contributed by atoms with Gasteiger partial charge in [-0.1, -0.05) is 39.0 Å². The first-order chi connectivity index (χ1) is 8.86. The molecule has 0 N–H and O–H groups in total. The number of nitrogens with zero attached hydrogens (tertiary/aromatic N) is 2. The van der Waals surface area contributed by atoms with Gasteiger partial charge >= 0.3 is 0 Å². The molecule has 1 heterocycles. The van der Waals surface area contributed by atoms with Crippen molar-refractivity contribution in [1.29, 1.82) is 5.26 Å². The van der Waals surface area contributed by atoms with Crippen molar-refractivity contribution in [2.45, 2.75) is 83.2 Å². The summed E-state index contributed by atoms with van der Waals surface area (Å²) in [5, 5.41) is 9.47. The van der Waals surface area contributed by atoms with Crippen molar-refractivity contribution in [3.8, 4) is 6.07 Å². The Labute approximate surface area is 112 Å². The summed E-state index contributed by atoms with van der Waals surface area (Å²) >= 11 is 0. The lowest BCUT2D eigenvalue weighted by Crippen LogP contribution is -2.46. The highest BCUT2D eigenvalue weighted by Crippen LogP contribution is 2.31. The number of hydrogen-bond donors (Lipinski definition) is 0. The third-order valence-electron chi connectivity index (χ3n) is 4.97. The largest absolute Gasteiger partial charge is 0.296 e. The third-order valence-corrected chi connectivity index (χ3v) is 4.97. The molecule has 2 heteroatoms. The third kappa shape index (κ3) is 3.26. The van der Waals surface area contributed by atoms with Crippen LogP contribution in [-0.2, 0) is 0 Å². The molecule has 0 bridgehead atoms. The fourth-order valence-electron chi connectivity index (χ4n) is 3.91. The summed E-state index contributed by atoms with van der Waals surface area (Å²) < 4.78 is 0. The molecule has 0 aromatic carbocycles. The van der Waals surface area contributed by atoms with Gasteiger partial charge in [-0.05, 0) is 38.6 Å². The van der Waals surface area contributed by atoms with E-state index in [1.165, 1.54) is 64.3 Å². The van der Waals surface area contributed by atoms with Crippen LogP contribution in [0.4, 0.5) is 0 Å². The Bertz CT molecular complexity index is 281. The molecule has 0 radical (unpaired) electrons. The predicted molar refractivity (Wildman–Crippen MR) is 75.2 cm³/mol. The van der Waals surface area contributed by atoms with Gasteiger partial charge in [0, 0.05) is 12.1 Å². The normalized spacial score (nSPS) is 35.4. The van der Waals surface area contributed by atoms with Crippen molar-refractivity contribution >= 4 is 0 Å². The Morgan fingerprint density at radius 3 is 2.50 bits per heavy atom. The second-order valence-corrected chi connectivity index (χ2v) is 6.09. The van der Waals surface area contributed by atoms with Gasteiger partial charge in [-0.2, -0.15) is 5.26 Å². The smallest absolute Gasteiger partial charge is 0.0672 e. The van der Waals surface area contributed by atoms with Crippen LogP contribution in [0.1, 0.15) is 71.1 Å². The van der Waals surface area contributed by atoms with E-state index in [1.807, 2.05) is 0 Å². The standard InChI is InChI=1S/C16H28N2/c1-2-15-10-6-4-8-12-18(15)16-11-7-3-5-9-14(16)13-17/h14-16H,2-12H2,1H3. The first-order valence-electron chi connectivity index (χ1n) is 8.02. The van der Waals surface area contributed by atoms with Crippen molar-refractivity contribution in [3.05, 3.63) is 0 Å². The minimum Gasteiger partial charge on any atom is -0.296 e. The predicted octanol–water partition coefficient (Wildman–Crippen LogP) is 4.11. The summed E-state index contributed by atoms with van der Waals surface area (Å²) in [7, 11) is 0. The number of nitriles is 1. The Morgan fingerprint density at radius 1 is 1.00 bits per heavy atom. The van der Waals surface area contributed by atoms with E-state index in [9.17, 15) is 5.26 Å². The highest BCUT2D eigenvalue weighted by Gasteiger charge is 2.32. The molecule has 2 fully saturated rings. The zero-order valence-corrected chi connectivity index (χ0v) is 11.9. The molecule has 2 aliphatic rings. The van der Waals surface area contributed by atoms with E-state index >= 15 is 0 Å². The molecule has 3 atom stereocenters. The van der Waals surface area contributed by atoms with Crippen LogP contribution in [0.15, 0.2) is 0 Å². The molecule has 3 unspecified atom stereocenters. The van der Waals surface area contributed by atoms with E-state index < -0.39 is 0 Å². The van der Waals surface area contributed by atoms with Gasteiger partial charge in [0.2, 0.25) is 0 Å². The zero-order chi connectivity index (χ0) is 12.8. The molecule has 102 valence electrons. The maximum Gasteiger partial charge on any atom is 0.0672 e. The molecule has 1 aliphatic heterocycles. The van der Waals surface area contributed by atoms with Gasteiger partial charge in [-0.15, -0.1) is 0 Å². The van der Waals surface area contributed by atoms with Gasteiger partial charge < -0.3 is 0 Å². The monoisotopic (exact) mass is 248 g/mol.